The van der Waals surface area contributed by atoms with Crippen molar-refractivity contribution in [3.63, 3.8) is 0 Å². The average Bonchev–Trinajstić information content (AvgIpc) is 2.13. The Morgan fingerprint density at radius 2 is 2.07 bits per heavy atom. The van der Waals surface area contributed by atoms with Crippen LogP contribution in [0.1, 0.15) is 5.56 Å². The first-order valence-corrected chi connectivity index (χ1v) is 4.34. The molecule has 0 aliphatic heterocycles. The number of ether oxygens (including phenoxy) is 1. The first-order chi connectivity index (χ1) is 6.90. The van der Waals surface area contributed by atoms with Crippen LogP contribution in [0.3, 0.4) is 0 Å². The van der Waals surface area contributed by atoms with Crippen molar-refractivity contribution in [2.45, 2.75) is 12.7 Å². The molecule has 0 spiro atoms. The summed E-state index contributed by atoms with van der Waals surface area (Å²) in [6, 6.07) is 2.78. The number of pyridine rings is 1. The van der Waals surface area contributed by atoms with Gasteiger partial charge in [-0.05, 0) is 11.6 Å². The molecule has 0 saturated carbocycles. The van der Waals surface area contributed by atoms with Gasteiger partial charge in [-0.25, -0.2) is 4.98 Å². The van der Waals surface area contributed by atoms with Crippen molar-refractivity contribution in [3.05, 3.63) is 22.8 Å². The number of halogens is 4. The van der Waals surface area contributed by atoms with Crippen LogP contribution in [0.5, 0.6) is 5.88 Å². The number of alkyl halides is 3. The number of aromatic nitrogens is 1. The SMILES string of the molecule is NCc1cc(Cl)nc(OCC(F)(F)F)c1. The van der Waals surface area contributed by atoms with Crippen molar-refractivity contribution in [1.29, 1.82) is 0 Å². The van der Waals surface area contributed by atoms with E-state index in [4.69, 9.17) is 17.3 Å². The smallest absolute Gasteiger partial charge is 0.422 e. The summed E-state index contributed by atoms with van der Waals surface area (Å²) in [5, 5.41) is 0.0510. The second kappa shape index (κ2) is 4.67. The first-order valence-electron chi connectivity index (χ1n) is 3.97. The van der Waals surface area contributed by atoms with E-state index in [0.29, 0.717) is 5.56 Å². The second-order valence-electron chi connectivity index (χ2n) is 2.74. The van der Waals surface area contributed by atoms with Crippen LogP contribution < -0.4 is 10.5 Å². The summed E-state index contributed by atoms with van der Waals surface area (Å²) < 4.78 is 39.9. The predicted molar refractivity (Wildman–Crippen MR) is 48.7 cm³/mol. The summed E-state index contributed by atoms with van der Waals surface area (Å²) in [6.07, 6.45) is -4.40. The van der Waals surface area contributed by atoms with Crippen LogP contribution in [0.25, 0.3) is 0 Å². The van der Waals surface area contributed by atoms with Crippen molar-refractivity contribution < 1.29 is 17.9 Å². The summed E-state index contributed by atoms with van der Waals surface area (Å²) in [5.74, 6) is -0.180. The molecule has 0 atom stereocenters. The molecule has 1 rings (SSSR count). The Morgan fingerprint density at radius 3 is 2.60 bits per heavy atom. The van der Waals surface area contributed by atoms with Crippen molar-refractivity contribution in [2.75, 3.05) is 6.61 Å². The molecule has 1 heterocycles. The number of nitrogens with two attached hydrogens (primary N) is 1. The molecule has 0 unspecified atom stereocenters. The van der Waals surface area contributed by atoms with Crippen LogP contribution in [-0.4, -0.2) is 17.8 Å². The van der Waals surface area contributed by atoms with Crippen LogP contribution in [0.2, 0.25) is 5.15 Å². The second-order valence-corrected chi connectivity index (χ2v) is 3.13. The zero-order valence-electron chi connectivity index (χ0n) is 7.51. The Kier molecular flexibility index (Phi) is 3.76. The Morgan fingerprint density at radius 1 is 1.40 bits per heavy atom. The molecule has 7 heteroatoms. The lowest BCUT2D eigenvalue weighted by Gasteiger charge is -2.09. The molecule has 0 bridgehead atoms. The fraction of sp³-hybridized carbons (Fsp3) is 0.375. The lowest BCUT2D eigenvalue weighted by Crippen LogP contribution is -2.19. The zero-order chi connectivity index (χ0) is 11.5. The molecule has 0 fully saturated rings. The Bertz CT molecular complexity index is 343. The molecule has 15 heavy (non-hydrogen) atoms. The lowest BCUT2D eigenvalue weighted by atomic mass is 10.3. The largest absolute Gasteiger partial charge is 0.468 e. The summed E-state index contributed by atoms with van der Waals surface area (Å²) >= 11 is 5.55. The third-order valence-corrected chi connectivity index (χ3v) is 1.64. The minimum Gasteiger partial charge on any atom is -0.468 e. The lowest BCUT2D eigenvalue weighted by molar-refractivity contribution is -0.154. The van der Waals surface area contributed by atoms with Crippen LogP contribution >= 0.6 is 11.6 Å². The third-order valence-electron chi connectivity index (χ3n) is 1.45. The highest BCUT2D eigenvalue weighted by atomic mass is 35.5. The van der Waals surface area contributed by atoms with E-state index in [1.807, 2.05) is 0 Å². The van der Waals surface area contributed by atoms with Crippen molar-refractivity contribution >= 4 is 11.6 Å². The Hall–Kier alpha value is -1.01. The minimum atomic E-state index is -4.40. The molecule has 0 aliphatic carbocycles. The monoisotopic (exact) mass is 240 g/mol. The highest BCUT2D eigenvalue weighted by molar-refractivity contribution is 6.29. The van der Waals surface area contributed by atoms with E-state index in [2.05, 4.69) is 9.72 Å². The molecule has 1 aromatic heterocycles. The summed E-state index contributed by atoms with van der Waals surface area (Å²) in [5.41, 5.74) is 5.87. The van der Waals surface area contributed by atoms with Crippen molar-refractivity contribution in [1.82, 2.24) is 4.98 Å². The fourth-order valence-electron chi connectivity index (χ4n) is 0.871. The normalized spacial score (nSPS) is 11.5. The maximum absolute atomic E-state index is 11.8. The van der Waals surface area contributed by atoms with Crippen molar-refractivity contribution in [2.24, 2.45) is 5.73 Å². The topological polar surface area (TPSA) is 48.1 Å². The molecule has 1 aromatic rings. The molecule has 3 nitrogen and oxygen atoms in total. The van der Waals surface area contributed by atoms with Gasteiger partial charge in [-0.2, -0.15) is 13.2 Å². The maximum Gasteiger partial charge on any atom is 0.422 e. The molecule has 0 aromatic carbocycles. The Labute approximate surface area is 89.0 Å². The molecule has 2 N–H and O–H groups in total. The number of hydrogen-bond donors (Lipinski definition) is 1. The molecular weight excluding hydrogens is 233 g/mol. The van der Waals surface area contributed by atoms with Gasteiger partial charge in [-0.1, -0.05) is 11.6 Å². The summed E-state index contributed by atoms with van der Waals surface area (Å²) in [4.78, 5) is 3.57. The van der Waals surface area contributed by atoms with E-state index in [1.54, 1.807) is 0 Å². The van der Waals surface area contributed by atoms with Gasteiger partial charge in [0.15, 0.2) is 6.61 Å². The van der Waals surface area contributed by atoms with Crippen molar-refractivity contribution in [3.8, 4) is 5.88 Å². The molecule has 84 valence electrons. The summed E-state index contributed by atoms with van der Waals surface area (Å²) in [6.45, 7) is -1.24. The van der Waals surface area contributed by atoms with E-state index < -0.39 is 12.8 Å². The van der Waals surface area contributed by atoms with Gasteiger partial charge in [-0.3, -0.25) is 0 Å². The molecule has 0 saturated heterocycles. The first kappa shape index (κ1) is 12.1. The van der Waals surface area contributed by atoms with Gasteiger partial charge in [0.1, 0.15) is 5.15 Å². The van der Waals surface area contributed by atoms with Gasteiger partial charge in [0.05, 0.1) is 0 Å². The highest BCUT2D eigenvalue weighted by Crippen LogP contribution is 2.20. The van der Waals surface area contributed by atoms with Gasteiger partial charge in [-0.15, -0.1) is 0 Å². The molecular formula is C8H8ClF3N2O. The van der Waals surface area contributed by atoms with E-state index in [0.717, 1.165) is 0 Å². The number of nitrogens with zero attached hydrogens (tertiary/aromatic N) is 1. The van der Waals surface area contributed by atoms with Crippen LogP contribution in [0.15, 0.2) is 12.1 Å². The van der Waals surface area contributed by atoms with Gasteiger partial charge in [0.2, 0.25) is 5.88 Å². The van der Waals surface area contributed by atoms with Crippen LogP contribution in [0, 0.1) is 0 Å². The van der Waals surface area contributed by atoms with Crippen LogP contribution in [-0.2, 0) is 6.54 Å². The van der Waals surface area contributed by atoms with Gasteiger partial charge in [0, 0.05) is 12.6 Å². The zero-order valence-corrected chi connectivity index (χ0v) is 8.27. The fourth-order valence-corrected chi connectivity index (χ4v) is 1.09. The molecule has 0 aliphatic rings. The predicted octanol–water partition coefficient (Wildman–Crippen LogP) is 2.13. The summed E-state index contributed by atoms with van der Waals surface area (Å²) in [7, 11) is 0. The molecule has 0 radical (unpaired) electrons. The average molecular weight is 241 g/mol. The quantitative estimate of drug-likeness (QED) is 0.824. The third kappa shape index (κ3) is 4.35. The highest BCUT2D eigenvalue weighted by Gasteiger charge is 2.28. The number of hydrogen-bond acceptors (Lipinski definition) is 3. The van der Waals surface area contributed by atoms with E-state index in [1.165, 1.54) is 12.1 Å². The maximum atomic E-state index is 11.8. The standard InChI is InChI=1S/C8H8ClF3N2O/c9-6-1-5(3-13)2-7(14-6)15-4-8(10,11)12/h1-2H,3-4,13H2. The molecule has 0 amide bonds. The van der Waals surface area contributed by atoms with Gasteiger partial charge >= 0.3 is 6.18 Å². The van der Waals surface area contributed by atoms with Gasteiger partial charge < -0.3 is 10.5 Å². The van der Waals surface area contributed by atoms with Crippen LogP contribution in [0.4, 0.5) is 13.2 Å². The minimum absolute atomic E-state index is 0.0510. The van der Waals surface area contributed by atoms with E-state index >= 15 is 0 Å². The van der Waals surface area contributed by atoms with E-state index in [9.17, 15) is 13.2 Å². The Balaban J connectivity index is 2.73. The number of rotatable bonds is 3. The van der Waals surface area contributed by atoms with E-state index in [-0.39, 0.29) is 17.6 Å². The van der Waals surface area contributed by atoms with Gasteiger partial charge in [0.25, 0.3) is 0 Å².